The van der Waals surface area contributed by atoms with Gasteiger partial charge < -0.3 is 0 Å². The van der Waals surface area contributed by atoms with Gasteiger partial charge in [-0.2, -0.15) is 0 Å². The van der Waals surface area contributed by atoms with Crippen LogP contribution >= 0.6 is 11.8 Å². The Morgan fingerprint density at radius 2 is 1.59 bits per heavy atom. The van der Waals surface area contributed by atoms with E-state index in [4.69, 9.17) is 0 Å². The van der Waals surface area contributed by atoms with E-state index < -0.39 is 0 Å². The molecule has 2 rings (SSSR count). The minimum atomic E-state index is 0.487. The number of aliphatic imine (C=N–C) groups is 1. The summed E-state index contributed by atoms with van der Waals surface area (Å²) in [6.45, 7) is 12.3. The third-order valence-corrected chi connectivity index (χ3v) is 3.36. The zero-order chi connectivity index (χ0) is 13.3. The molecule has 1 aromatic carbocycles. The van der Waals surface area contributed by atoms with E-state index in [1.807, 2.05) is 39.5 Å². The predicted molar refractivity (Wildman–Crippen MR) is 82.3 cm³/mol. The summed E-state index contributed by atoms with van der Waals surface area (Å²) in [7, 11) is 0. The third kappa shape index (κ3) is 5.40. The number of hydrogen-bond donors (Lipinski definition) is 0. The van der Waals surface area contributed by atoms with Crippen molar-refractivity contribution in [3.05, 3.63) is 35.4 Å². The van der Waals surface area contributed by atoms with Crippen LogP contribution in [0.5, 0.6) is 0 Å². The first-order valence-corrected chi connectivity index (χ1v) is 7.52. The molecule has 0 unspecified atom stereocenters. The third-order valence-electron chi connectivity index (χ3n) is 2.10. The van der Waals surface area contributed by atoms with E-state index in [-0.39, 0.29) is 0 Å². The van der Waals surface area contributed by atoms with Crippen LogP contribution in [0.1, 0.15) is 45.7 Å². The van der Waals surface area contributed by atoms with Gasteiger partial charge in [0.2, 0.25) is 0 Å². The normalized spacial score (nSPS) is 17.3. The lowest BCUT2D eigenvalue weighted by Gasteiger charge is -1.99. The number of hydrogen-bond acceptors (Lipinski definition) is 2. The van der Waals surface area contributed by atoms with Gasteiger partial charge in [-0.25, -0.2) is 0 Å². The molecule has 1 aliphatic rings. The first-order chi connectivity index (χ1) is 8.25. The van der Waals surface area contributed by atoms with Crippen LogP contribution in [0.4, 0.5) is 0 Å². The fourth-order valence-corrected chi connectivity index (χ4v) is 2.36. The molecule has 1 aliphatic heterocycles. The maximum atomic E-state index is 4.57. The highest BCUT2D eigenvalue weighted by Crippen LogP contribution is 2.23. The van der Waals surface area contributed by atoms with Crippen molar-refractivity contribution in [2.45, 2.75) is 47.6 Å². The monoisotopic (exact) mass is 251 g/mol. The standard InChI is InChI=1S/C11H13NS.2C2H6/c1-8-3-5-10(6-4-8)11-12-9(2)7-13-11;2*1-2/h3-6,9H,7H2,1-2H3;2*1-2H3/t9-;;/m1../s1. The van der Waals surface area contributed by atoms with Crippen LogP contribution in [0, 0.1) is 6.92 Å². The van der Waals surface area contributed by atoms with E-state index in [9.17, 15) is 0 Å². The maximum Gasteiger partial charge on any atom is 0.0981 e. The second kappa shape index (κ2) is 9.29. The Balaban J connectivity index is 0.000000581. The van der Waals surface area contributed by atoms with Crippen LogP contribution < -0.4 is 0 Å². The van der Waals surface area contributed by atoms with Crippen LogP contribution in [-0.4, -0.2) is 16.8 Å². The van der Waals surface area contributed by atoms with Crippen molar-refractivity contribution in [3.63, 3.8) is 0 Å². The Morgan fingerprint density at radius 1 is 1.06 bits per heavy atom. The average molecular weight is 251 g/mol. The molecule has 0 fully saturated rings. The molecule has 0 amide bonds. The molecule has 0 aromatic heterocycles. The Bertz CT molecular complexity index is 327. The lowest BCUT2D eigenvalue weighted by atomic mass is 10.2. The molecule has 1 aromatic rings. The molecule has 0 radical (unpaired) electrons. The van der Waals surface area contributed by atoms with Gasteiger partial charge >= 0.3 is 0 Å². The van der Waals surface area contributed by atoms with Gasteiger partial charge in [0.1, 0.15) is 0 Å². The lowest BCUT2D eigenvalue weighted by molar-refractivity contribution is 0.865. The van der Waals surface area contributed by atoms with E-state index in [0.717, 1.165) is 5.75 Å². The lowest BCUT2D eigenvalue weighted by Crippen LogP contribution is -1.93. The van der Waals surface area contributed by atoms with Crippen LogP contribution in [0.3, 0.4) is 0 Å². The number of benzene rings is 1. The average Bonchev–Trinajstić information content (AvgIpc) is 2.82. The smallest absolute Gasteiger partial charge is 0.0981 e. The van der Waals surface area contributed by atoms with E-state index >= 15 is 0 Å². The highest BCUT2D eigenvalue weighted by Gasteiger charge is 2.14. The number of rotatable bonds is 1. The topological polar surface area (TPSA) is 12.4 Å². The van der Waals surface area contributed by atoms with Crippen LogP contribution in [0.25, 0.3) is 0 Å². The Labute approximate surface area is 111 Å². The summed E-state index contributed by atoms with van der Waals surface area (Å²) < 4.78 is 0. The maximum absolute atomic E-state index is 4.57. The molecule has 0 spiro atoms. The molecule has 1 heterocycles. The molecule has 0 N–H and O–H groups in total. The van der Waals surface area contributed by atoms with Crippen molar-refractivity contribution in [2.24, 2.45) is 4.99 Å². The van der Waals surface area contributed by atoms with Gasteiger partial charge in [-0.1, -0.05) is 57.5 Å². The highest BCUT2D eigenvalue weighted by atomic mass is 32.2. The summed E-state index contributed by atoms with van der Waals surface area (Å²) in [4.78, 5) is 4.57. The fourth-order valence-electron chi connectivity index (χ4n) is 1.33. The zero-order valence-electron chi connectivity index (χ0n) is 11.9. The molecule has 2 heteroatoms. The second-order valence-corrected chi connectivity index (χ2v) is 4.47. The fraction of sp³-hybridized carbons (Fsp3) is 0.533. The van der Waals surface area contributed by atoms with Gasteiger partial charge in [0.05, 0.1) is 11.1 Å². The Kier molecular flexibility index (Phi) is 8.87. The molecule has 17 heavy (non-hydrogen) atoms. The van der Waals surface area contributed by atoms with E-state index in [0.29, 0.717) is 6.04 Å². The first-order valence-electron chi connectivity index (χ1n) is 6.53. The zero-order valence-corrected chi connectivity index (χ0v) is 12.8. The first kappa shape index (κ1) is 16.2. The van der Waals surface area contributed by atoms with Crippen molar-refractivity contribution in [1.82, 2.24) is 0 Å². The van der Waals surface area contributed by atoms with Gasteiger partial charge in [-0.05, 0) is 13.8 Å². The predicted octanol–water partition coefficient (Wildman–Crippen LogP) is 4.93. The van der Waals surface area contributed by atoms with Crippen LogP contribution in [0.2, 0.25) is 0 Å². The summed E-state index contributed by atoms with van der Waals surface area (Å²) in [6.07, 6.45) is 0. The Hall–Kier alpha value is -0.760. The summed E-state index contributed by atoms with van der Waals surface area (Å²) in [5.74, 6) is 1.13. The number of aryl methyl sites for hydroxylation is 1. The van der Waals surface area contributed by atoms with E-state index in [1.54, 1.807) is 0 Å². The minimum Gasteiger partial charge on any atom is -0.274 e. The molecule has 0 bridgehead atoms. The SMILES string of the molecule is CC.CC.Cc1ccc(C2=N[C@H](C)CS2)cc1. The van der Waals surface area contributed by atoms with Gasteiger partial charge in [-0.3, -0.25) is 4.99 Å². The molecule has 0 saturated carbocycles. The quantitative estimate of drug-likeness (QED) is 0.689. The van der Waals surface area contributed by atoms with Crippen molar-refractivity contribution in [3.8, 4) is 0 Å². The summed E-state index contributed by atoms with van der Waals surface area (Å²) in [5.41, 5.74) is 2.57. The van der Waals surface area contributed by atoms with Crippen molar-refractivity contribution in [2.75, 3.05) is 5.75 Å². The van der Waals surface area contributed by atoms with Crippen molar-refractivity contribution in [1.29, 1.82) is 0 Å². The summed E-state index contributed by atoms with van der Waals surface area (Å²) >= 11 is 1.86. The number of thioether (sulfide) groups is 1. The van der Waals surface area contributed by atoms with Gasteiger partial charge in [0.15, 0.2) is 0 Å². The van der Waals surface area contributed by atoms with Crippen molar-refractivity contribution >= 4 is 16.8 Å². The van der Waals surface area contributed by atoms with Crippen LogP contribution in [-0.2, 0) is 0 Å². The van der Waals surface area contributed by atoms with Gasteiger partial charge in [0.25, 0.3) is 0 Å². The molecule has 1 atom stereocenters. The largest absolute Gasteiger partial charge is 0.274 e. The van der Waals surface area contributed by atoms with Gasteiger partial charge in [-0.15, -0.1) is 11.8 Å². The minimum absolute atomic E-state index is 0.487. The molecular formula is C15H25NS. The van der Waals surface area contributed by atoms with Crippen molar-refractivity contribution < 1.29 is 0 Å². The van der Waals surface area contributed by atoms with Gasteiger partial charge in [0, 0.05) is 11.3 Å². The Morgan fingerprint density at radius 3 is 2.00 bits per heavy atom. The van der Waals surface area contributed by atoms with Crippen LogP contribution in [0.15, 0.2) is 29.3 Å². The van der Waals surface area contributed by atoms with E-state index in [1.165, 1.54) is 16.2 Å². The highest BCUT2D eigenvalue weighted by molar-refractivity contribution is 8.14. The summed E-state index contributed by atoms with van der Waals surface area (Å²) in [6, 6.07) is 9.07. The molecule has 96 valence electrons. The van der Waals surface area contributed by atoms with E-state index in [2.05, 4.69) is 43.1 Å². The molecule has 1 nitrogen and oxygen atoms in total. The molecule has 0 aliphatic carbocycles. The second-order valence-electron chi connectivity index (χ2n) is 3.46. The molecular weight excluding hydrogens is 226 g/mol. The molecule has 0 saturated heterocycles. The summed E-state index contributed by atoms with van der Waals surface area (Å²) in [5, 5.41) is 1.20. The number of nitrogens with zero attached hydrogens (tertiary/aromatic N) is 1.